The molecule has 0 radical (unpaired) electrons. The van der Waals surface area contributed by atoms with Gasteiger partial charge in [-0.05, 0) is 57.5 Å². The van der Waals surface area contributed by atoms with E-state index in [1.54, 1.807) is 0 Å². The molecule has 1 fully saturated rings. The summed E-state index contributed by atoms with van der Waals surface area (Å²) >= 11 is 0. The molecule has 0 saturated carbocycles. The Kier molecular flexibility index (Phi) is 6.68. The minimum atomic E-state index is 0.243. The number of nitrogens with one attached hydrogen (secondary N) is 1. The lowest BCUT2D eigenvalue weighted by Crippen LogP contribution is -2.59. The van der Waals surface area contributed by atoms with Crippen molar-refractivity contribution in [1.29, 1.82) is 0 Å². The smallest absolute Gasteiger partial charge is 0.222 e. The number of likely N-dealkylation sites (tertiary alicyclic amines) is 1. The van der Waals surface area contributed by atoms with E-state index in [-0.39, 0.29) is 5.95 Å². The summed E-state index contributed by atoms with van der Waals surface area (Å²) in [7, 11) is 2.23. The highest BCUT2D eigenvalue weighted by Gasteiger charge is 2.30. The number of fused-ring (bicyclic) bond motifs is 1. The molecule has 36 heavy (non-hydrogen) atoms. The van der Waals surface area contributed by atoms with Crippen LogP contribution >= 0.6 is 0 Å². The van der Waals surface area contributed by atoms with E-state index in [9.17, 15) is 0 Å². The average Bonchev–Trinajstić information content (AvgIpc) is 3.41. The van der Waals surface area contributed by atoms with Gasteiger partial charge in [0, 0.05) is 50.5 Å². The molecule has 0 spiro atoms. The molecule has 3 N–H and O–H groups in total. The van der Waals surface area contributed by atoms with E-state index in [2.05, 4.69) is 80.8 Å². The maximum Gasteiger partial charge on any atom is 0.222 e. The van der Waals surface area contributed by atoms with Gasteiger partial charge < -0.3 is 20.1 Å². The molecule has 1 saturated heterocycles. The quantitative estimate of drug-likeness (QED) is 0.367. The number of rotatable bonds is 9. The van der Waals surface area contributed by atoms with Crippen molar-refractivity contribution >= 4 is 22.8 Å². The third-order valence-corrected chi connectivity index (χ3v) is 7.22. The monoisotopic (exact) mass is 488 g/mol. The van der Waals surface area contributed by atoms with Crippen molar-refractivity contribution in [2.75, 3.05) is 31.2 Å². The van der Waals surface area contributed by atoms with Crippen LogP contribution in [-0.2, 0) is 19.6 Å². The van der Waals surface area contributed by atoms with E-state index in [1.165, 1.54) is 16.7 Å². The molecule has 5 rings (SSSR count). The summed E-state index contributed by atoms with van der Waals surface area (Å²) in [6, 6.07) is 12.0. The van der Waals surface area contributed by atoms with E-state index in [0.717, 1.165) is 48.7 Å². The zero-order valence-corrected chi connectivity index (χ0v) is 21.8. The molecule has 0 atom stereocenters. The van der Waals surface area contributed by atoms with Gasteiger partial charge in [0.1, 0.15) is 17.0 Å². The second kappa shape index (κ2) is 9.91. The molecular formula is C27H36N8O. The SMILES string of the molecule is Cc1cc(CNc2nc(N)nc3ccn(Cc4ccc(CN5CC(N(C)C(C)C)C5)cc4C)c23)no1. The third kappa shape index (κ3) is 5.08. The number of likely N-dealkylation sites (N-methyl/N-ethyl adjacent to an activating group) is 1. The van der Waals surface area contributed by atoms with E-state index < -0.39 is 0 Å². The van der Waals surface area contributed by atoms with Crippen LogP contribution in [0.4, 0.5) is 11.8 Å². The Hall–Kier alpha value is -3.43. The molecule has 0 amide bonds. The fraction of sp³-hybridized carbons (Fsp3) is 0.444. The largest absolute Gasteiger partial charge is 0.368 e. The lowest BCUT2D eigenvalue weighted by Gasteiger charge is -2.45. The second-order valence-corrected chi connectivity index (χ2v) is 10.3. The number of aryl methyl sites for hydroxylation is 2. The maximum atomic E-state index is 5.98. The van der Waals surface area contributed by atoms with Crippen LogP contribution in [0.2, 0.25) is 0 Å². The fourth-order valence-electron chi connectivity index (χ4n) is 4.88. The van der Waals surface area contributed by atoms with Crippen LogP contribution in [0.25, 0.3) is 11.0 Å². The number of nitrogens with two attached hydrogens (primary N) is 1. The van der Waals surface area contributed by atoms with Crippen LogP contribution in [0.3, 0.4) is 0 Å². The van der Waals surface area contributed by atoms with Crippen molar-refractivity contribution in [2.45, 2.75) is 59.4 Å². The van der Waals surface area contributed by atoms with Gasteiger partial charge >= 0.3 is 0 Å². The molecule has 0 bridgehead atoms. The second-order valence-electron chi connectivity index (χ2n) is 10.3. The van der Waals surface area contributed by atoms with Crippen LogP contribution in [0.1, 0.15) is 42.0 Å². The van der Waals surface area contributed by atoms with Crippen molar-refractivity contribution in [1.82, 2.24) is 29.5 Å². The molecule has 3 aromatic heterocycles. The van der Waals surface area contributed by atoms with Crippen LogP contribution in [0, 0.1) is 13.8 Å². The Balaban J connectivity index is 1.29. The zero-order chi connectivity index (χ0) is 25.4. The predicted octanol–water partition coefficient (Wildman–Crippen LogP) is 3.80. The molecule has 4 heterocycles. The summed E-state index contributed by atoms with van der Waals surface area (Å²) in [6.45, 7) is 13.1. The molecule has 4 aromatic rings. The highest BCUT2D eigenvalue weighted by atomic mass is 16.5. The molecule has 9 heteroatoms. The zero-order valence-electron chi connectivity index (χ0n) is 21.8. The van der Waals surface area contributed by atoms with Gasteiger partial charge in [-0.3, -0.25) is 9.80 Å². The Morgan fingerprint density at radius 1 is 1.14 bits per heavy atom. The van der Waals surface area contributed by atoms with Gasteiger partial charge in [0.2, 0.25) is 5.95 Å². The number of hydrogen-bond donors (Lipinski definition) is 2. The Bertz CT molecular complexity index is 1350. The Labute approximate surface area is 212 Å². The number of benzene rings is 1. The van der Waals surface area contributed by atoms with Crippen molar-refractivity contribution < 1.29 is 4.52 Å². The van der Waals surface area contributed by atoms with E-state index in [0.29, 0.717) is 24.4 Å². The molecule has 9 nitrogen and oxygen atoms in total. The average molecular weight is 489 g/mol. The molecular weight excluding hydrogens is 452 g/mol. The summed E-state index contributed by atoms with van der Waals surface area (Å²) in [4.78, 5) is 13.9. The lowest BCUT2D eigenvalue weighted by atomic mass is 10.0. The van der Waals surface area contributed by atoms with Crippen LogP contribution in [0.5, 0.6) is 0 Å². The Morgan fingerprint density at radius 3 is 2.64 bits per heavy atom. The molecule has 1 aliphatic heterocycles. The van der Waals surface area contributed by atoms with Crippen molar-refractivity contribution in [3.8, 4) is 0 Å². The van der Waals surface area contributed by atoms with Gasteiger partial charge in [0.05, 0.1) is 12.1 Å². The summed E-state index contributed by atoms with van der Waals surface area (Å²) in [5.41, 5.74) is 12.5. The highest BCUT2D eigenvalue weighted by molar-refractivity contribution is 5.87. The topological polar surface area (TPSA) is 101 Å². The Morgan fingerprint density at radius 2 is 1.94 bits per heavy atom. The van der Waals surface area contributed by atoms with Gasteiger partial charge in [0.25, 0.3) is 0 Å². The minimum Gasteiger partial charge on any atom is -0.368 e. The predicted molar refractivity (Wildman–Crippen MR) is 143 cm³/mol. The summed E-state index contributed by atoms with van der Waals surface area (Å²) in [6.07, 6.45) is 2.04. The van der Waals surface area contributed by atoms with Crippen LogP contribution < -0.4 is 11.1 Å². The third-order valence-electron chi connectivity index (χ3n) is 7.22. The molecule has 1 aliphatic rings. The van der Waals surface area contributed by atoms with Crippen molar-refractivity contribution in [3.63, 3.8) is 0 Å². The lowest BCUT2D eigenvalue weighted by molar-refractivity contribution is 0.0279. The van der Waals surface area contributed by atoms with Gasteiger partial charge in [-0.15, -0.1) is 0 Å². The summed E-state index contributed by atoms with van der Waals surface area (Å²) < 4.78 is 7.35. The first kappa shape index (κ1) is 24.3. The van der Waals surface area contributed by atoms with E-state index in [1.807, 2.05) is 25.3 Å². The molecule has 190 valence electrons. The number of aromatic nitrogens is 4. The number of nitrogens with zero attached hydrogens (tertiary/aromatic N) is 6. The fourth-order valence-corrected chi connectivity index (χ4v) is 4.88. The van der Waals surface area contributed by atoms with Gasteiger partial charge in [0.15, 0.2) is 5.82 Å². The van der Waals surface area contributed by atoms with E-state index in [4.69, 9.17) is 10.3 Å². The number of anilines is 2. The highest BCUT2D eigenvalue weighted by Crippen LogP contribution is 2.26. The summed E-state index contributed by atoms with van der Waals surface area (Å²) in [5.74, 6) is 1.71. The number of hydrogen-bond acceptors (Lipinski definition) is 8. The first-order valence-corrected chi connectivity index (χ1v) is 12.6. The van der Waals surface area contributed by atoms with Crippen molar-refractivity contribution in [3.05, 3.63) is 64.7 Å². The summed E-state index contributed by atoms with van der Waals surface area (Å²) in [5, 5.41) is 7.42. The van der Waals surface area contributed by atoms with Crippen molar-refractivity contribution in [2.24, 2.45) is 0 Å². The maximum absolute atomic E-state index is 5.98. The normalized spacial score (nSPS) is 14.8. The first-order chi connectivity index (χ1) is 17.3. The molecule has 1 aromatic carbocycles. The van der Waals surface area contributed by atoms with Gasteiger partial charge in [-0.25, -0.2) is 4.98 Å². The van der Waals surface area contributed by atoms with Gasteiger partial charge in [-0.1, -0.05) is 23.4 Å². The van der Waals surface area contributed by atoms with Crippen LogP contribution in [-0.4, -0.2) is 61.7 Å². The van der Waals surface area contributed by atoms with Gasteiger partial charge in [-0.2, -0.15) is 4.98 Å². The molecule has 0 aliphatic carbocycles. The minimum absolute atomic E-state index is 0.243. The number of nitrogen functional groups attached to an aromatic ring is 1. The molecule has 0 unspecified atom stereocenters. The first-order valence-electron chi connectivity index (χ1n) is 12.6. The van der Waals surface area contributed by atoms with Crippen LogP contribution in [0.15, 0.2) is 41.1 Å². The standard InChI is InChI=1S/C27H36N8O/c1-17(2)33(5)23-15-34(16-23)13-20-6-7-21(18(3)10-20)14-35-9-8-24-25(35)26(31-27(28)30-24)29-12-22-11-19(4)36-32-22/h6-11,17,23H,12-16H2,1-5H3,(H3,28,29,30,31). The van der Waals surface area contributed by atoms with E-state index >= 15 is 0 Å².